The van der Waals surface area contributed by atoms with E-state index in [1.165, 1.54) is 0 Å². The smallest absolute Gasteiger partial charge is 0.122 e. The molecular weight excluding hydrogens is 236 g/mol. The number of H-pyrrole nitrogens is 1. The molecule has 1 aromatic carbocycles. The fourth-order valence-electron chi connectivity index (χ4n) is 1.01. The number of nitrogens with one attached hydrogen (secondary N) is 1. The van der Waals surface area contributed by atoms with Gasteiger partial charge in [0.1, 0.15) is 4.64 Å². The number of aromatic amines is 1. The van der Waals surface area contributed by atoms with Crippen LogP contribution in [0.3, 0.4) is 0 Å². The van der Waals surface area contributed by atoms with E-state index in [9.17, 15) is 0 Å². The van der Waals surface area contributed by atoms with Gasteiger partial charge in [0.25, 0.3) is 0 Å². The lowest BCUT2D eigenvalue weighted by molar-refractivity contribution is 1.27. The molecule has 0 saturated heterocycles. The number of aromatic nitrogens is 2. The van der Waals surface area contributed by atoms with Crippen molar-refractivity contribution >= 4 is 39.2 Å². The van der Waals surface area contributed by atoms with Gasteiger partial charge in [0.15, 0.2) is 0 Å². The highest BCUT2D eigenvalue weighted by molar-refractivity contribution is 9.10. The maximum Gasteiger partial charge on any atom is 0.122 e. The Morgan fingerprint density at radius 1 is 1.42 bits per heavy atom. The van der Waals surface area contributed by atoms with E-state index in [-0.39, 0.29) is 0 Å². The Bertz CT molecular complexity index is 478. The van der Waals surface area contributed by atoms with Gasteiger partial charge in [-0.15, -0.1) is 0 Å². The van der Waals surface area contributed by atoms with Gasteiger partial charge in [-0.3, -0.25) is 4.98 Å². The quantitative estimate of drug-likeness (QED) is 0.718. The molecule has 0 unspecified atom stereocenters. The van der Waals surface area contributed by atoms with Gasteiger partial charge in [0.05, 0.1) is 17.2 Å². The van der Waals surface area contributed by atoms with E-state index < -0.39 is 0 Å². The Morgan fingerprint density at radius 3 is 3.08 bits per heavy atom. The van der Waals surface area contributed by atoms with Crippen molar-refractivity contribution in [2.24, 2.45) is 0 Å². The Kier molecular flexibility index (Phi) is 1.94. The van der Waals surface area contributed by atoms with Crippen molar-refractivity contribution in [3.63, 3.8) is 0 Å². The van der Waals surface area contributed by atoms with Crippen LogP contribution in [0.15, 0.2) is 28.9 Å². The SMILES string of the molecule is S=c1cnc2ccc(Br)cc2[nH]1. The monoisotopic (exact) mass is 240 g/mol. The van der Waals surface area contributed by atoms with Crippen LogP contribution in [0.25, 0.3) is 11.0 Å². The molecule has 12 heavy (non-hydrogen) atoms. The summed E-state index contributed by atoms with van der Waals surface area (Å²) < 4.78 is 1.68. The number of hydrogen-bond donors (Lipinski definition) is 1. The predicted octanol–water partition coefficient (Wildman–Crippen LogP) is 3.05. The van der Waals surface area contributed by atoms with Crippen molar-refractivity contribution in [1.82, 2.24) is 9.97 Å². The fraction of sp³-hybridized carbons (Fsp3) is 0. The van der Waals surface area contributed by atoms with Gasteiger partial charge in [-0.1, -0.05) is 28.1 Å². The van der Waals surface area contributed by atoms with Crippen molar-refractivity contribution in [1.29, 1.82) is 0 Å². The van der Waals surface area contributed by atoms with E-state index in [4.69, 9.17) is 12.2 Å². The molecule has 0 radical (unpaired) electrons. The average Bonchev–Trinajstić information content (AvgIpc) is 2.03. The Morgan fingerprint density at radius 2 is 2.25 bits per heavy atom. The zero-order chi connectivity index (χ0) is 8.55. The summed E-state index contributed by atoms with van der Waals surface area (Å²) in [7, 11) is 0. The van der Waals surface area contributed by atoms with Crippen molar-refractivity contribution in [3.8, 4) is 0 Å². The summed E-state index contributed by atoms with van der Waals surface area (Å²) in [5.41, 5.74) is 1.88. The third-order valence-electron chi connectivity index (χ3n) is 1.54. The lowest BCUT2D eigenvalue weighted by Gasteiger charge is -1.96. The van der Waals surface area contributed by atoms with Gasteiger partial charge in [0, 0.05) is 4.47 Å². The number of halogens is 1. The number of hydrogen-bond acceptors (Lipinski definition) is 2. The van der Waals surface area contributed by atoms with Crippen LogP contribution in [0.5, 0.6) is 0 Å². The molecule has 1 heterocycles. The van der Waals surface area contributed by atoms with Gasteiger partial charge < -0.3 is 4.98 Å². The zero-order valence-corrected chi connectivity index (χ0v) is 8.45. The summed E-state index contributed by atoms with van der Waals surface area (Å²) in [6.07, 6.45) is 1.64. The molecule has 4 heteroatoms. The van der Waals surface area contributed by atoms with E-state index >= 15 is 0 Å². The minimum Gasteiger partial charge on any atom is -0.344 e. The van der Waals surface area contributed by atoms with Crippen LogP contribution in [-0.4, -0.2) is 9.97 Å². The van der Waals surface area contributed by atoms with Gasteiger partial charge in [0.2, 0.25) is 0 Å². The molecule has 0 amide bonds. The van der Waals surface area contributed by atoms with Crippen molar-refractivity contribution in [2.75, 3.05) is 0 Å². The number of benzene rings is 1. The highest BCUT2D eigenvalue weighted by Gasteiger charge is 1.93. The molecule has 0 atom stereocenters. The lowest BCUT2D eigenvalue weighted by atomic mass is 10.3. The average molecular weight is 241 g/mol. The van der Waals surface area contributed by atoms with Crippen molar-refractivity contribution in [3.05, 3.63) is 33.5 Å². The summed E-state index contributed by atoms with van der Waals surface area (Å²) in [4.78, 5) is 7.22. The molecular formula is C8H5BrN2S. The van der Waals surface area contributed by atoms with E-state index in [0.717, 1.165) is 15.5 Å². The highest BCUT2D eigenvalue weighted by Crippen LogP contribution is 2.15. The molecule has 2 rings (SSSR count). The second kappa shape index (κ2) is 2.95. The first-order chi connectivity index (χ1) is 5.75. The largest absolute Gasteiger partial charge is 0.344 e. The number of nitrogens with zero attached hydrogens (tertiary/aromatic N) is 1. The van der Waals surface area contributed by atoms with Crippen LogP contribution in [-0.2, 0) is 0 Å². The summed E-state index contributed by atoms with van der Waals surface area (Å²) in [6, 6.07) is 5.84. The minimum absolute atomic E-state index is 0.653. The van der Waals surface area contributed by atoms with Crippen LogP contribution in [0, 0.1) is 4.64 Å². The van der Waals surface area contributed by atoms with Crippen LogP contribution >= 0.6 is 28.1 Å². The topological polar surface area (TPSA) is 28.7 Å². The molecule has 1 N–H and O–H groups in total. The molecule has 0 aliphatic carbocycles. The molecule has 0 spiro atoms. The molecule has 0 saturated carbocycles. The highest BCUT2D eigenvalue weighted by atomic mass is 79.9. The van der Waals surface area contributed by atoms with Gasteiger partial charge in [-0.25, -0.2) is 0 Å². The van der Waals surface area contributed by atoms with Crippen LogP contribution in [0.2, 0.25) is 0 Å². The van der Waals surface area contributed by atoms with Crippen LogP contribution in [0.1, 0.15) is 0 Å². The normalized spacial score (nSPS) is 10.4. The van der Waals surface area contributed by atoms with E-state index in [0.29, 0.717) is 4.64 Å². The molecule has 2 nitrogen and oxygen atoms in total. The third-order valence-corrected chi connectivity index (χ3v) is 2.24. The van der Waals surface area contributed by atoms with Crippen molar-refractivity contribution < 1.29 is 0 Å². The summed E-state index contributed by atoms with van der Waals surface area (Å²) in [6.45, 7) is 0. The maximum atomic E-state index is 4.95. The fourth-order valence-corrected chi connectivity index (χ4v) is 1.54. The first kappa shape index (κ1) is 7.89. The number of fused-ring (bicyclic) bond motifs is 1. The second-order valence-corrected chi connectivity index (χ2v) is 3.76. The minimum atomic E-state index is 0.653. The molecule has 0 aliphatic rings. The third kappa shape index (κ3) is 1.40. The van der Waals surface area contributed by atoms with Crippen LogP contribution in [0.4, 0.5) is 0 Å². The lowest BCUT2D eigenvalue weighted by Crippen LogP contribution is -1.82. The van der Waals surface area contributed by atoms with Crippen molar-refractivity contribution in [2.45, 2.75) is 0 Å². The molecule has 0 fully saturated rings. The summed E-state index contributed by atoms with van der Waals surface area (Å²) in [5.74, 6) is 0. The number of rotatable bonds is 0. The first-order valence-electron chi connectivity index (χ1n) is 3.40. The van der Waals surface area contributed by atoms with Crippen LogP contribution < -0.4 is 0 Å². The zero-order valence-electron chi connectivity index (χ0n) is 6.04. The standard InChI is InChI=1S/C8H5BrN2S/c9-5-1-2-6-7(3-5)11-8(12)4-10-6/h1-4H,(H,11,12). The first-order valence-corrected chi connectivity index (χ1v) is 4.60. The Labute approximate surface area is 82.8 Å². The molecule has 60 valence electrons. The van der Waals surface area contributed by atoms with E-state index in [1.807, 2.05) is 18.2 Å². The van der Waals surface area contributed by atoms with E-state index in [1.54, 1.807) is 6.20 Å². The van der Waals surface area contributed by atoms with Gasteiger partial charge >= 0.3 is 0 Å². The van der Waals surface area contributed by atoms with E-state index in [2.05, 4.69) is 25.9 Å². The predicted molar refractivity (Wildman–Crippen MR) is 54.6 cm³/mol. The second-order valence-electron chi connectivity index (χ2n) is 2.41. The molecule has 0 bridgehead atoms. The molecule has 2 aromatic rings. The molecule has 1 aromatic heterocycles. The summed E-state index contributed by atoms with van der Waals surface area (Å²) >= 11 is 8.32. The summed E-state index contributed by atoms with van der Waals surface area (Å²) in [5, 5.41) is 0. The Hall–Kier alpha value is -0.740. The van der Waals surface area contributed by atoms with Gasteiger partial charge in [-0.2, -0.15) is 0 Å². The molecule has 0 aliphatic heterocycles. The Balaban J connectivity index is 2.89. The van der Waals surface area contributed by atoms with Gasteiger partial charge in [-0.05, 0) is 18.2 Å². The maximum absolute atomic E-state index is 4.95.